The predicted octanol–water partition coefficient (Wildman–Crippen LogP) is 2.37. The van der Waals surface area contributed by atoms with Crippen LogP contribution in [-0.2, 0) is 9.59 Å². The summed E-state index contributed by atoms with van der Waals surface area (Å²) in [5.74, 6) is -0.266. The second kappa shape index (κ2) is 6.37. The maximum Gasteiger partial charge on any atom is 0.327 e. The van der Waals surface area contributed by atoms with Crippen molar-refractivity contribution >= 4 is 17.8 Å². The molecule has 2 heterocycles. The van der Waals surface area contributed by atoms with Crippen molar-refractivity contribution in [3.63, 3.8) is 0 Å². The molecular formula is C18H29N3O3. The number of nitrogens with zero attached hydrogens (tertiary/aromatic N) is 3. The zero-order valence-electron chi connectivity index (χ0n) is 15.1. The van der Waals surface area contributed by atoms with Crippen LogP contribution in [0.3, 0.4) is 0 Å². The van der Waals surface area contributed by atoms with E-state index in [1.54, 1.807) is 11.9 Å². The van der Waals surface area contributed by atoms with E-state index in [1.165, 1.54) is 4.90 Å². The molecule has 3 fully saturated rings. The number of hydrogen-bond acceptors (Lipinski definition) is 3. The largest absolute Gasteiger partial charge is 0.336 e. The van der Waals surface area contributed by atoms with Gasteiger partial charge in [-0.25, -0.2) is 4.79 Å². The van der Waals surface area contributed by atoms with Gasteiger partial charge in [0.25, 0.3) is 5.91 Å². The monoisotopic (exact) mass is 335 g/mol. The molecule has 0 aromatic rings. The first-order valence-corrected chi connectivity index (χ1v) is 9.29. The van der Waals surface area contributed by atoms with Gasteiger partial charge in [-0.1, -0.05) is 19.3 Å². The molecule has 2 atom stereocenters. The highest BCUT2D eigenvalue weighted by Gasteiger charge is 2.56. The van der Waals surface area contributed by atoms with E-state index in [2.05, 4.69) is 13.8 Å². The topological polar surface area (TPSA) is 60.9 Å². The first-order valence-electron chi connectivity index (χ1n) is 9.29. The van der Waals surface area contributed by atoms with E-state index in [4.69, 9.17) is 0 Å². The molecule has 6 nitrogen and oxygen atoms in total. The van der Waals surface area contributed by atoms with Crippen LogP contribution in [0, 0.1) is 0 Å². The normalized spacial score (nSPS) is 30.4. The molecule has 1 saturated carbocycles. The first-order chi connectivity index (χ1) is 11.4. The molecular weight excluding hydrogens is 306 g/mol. The number of likely N-dealkylation sites (N-methyl/N-ethyl adjacent to an activating group) is 1. The Morgan fingerprint density at radius 2 is 1.62 bits per heavy atom. The second-order valence-electron chi connectivity index (χ2n) is 7.76. The average molecular weight is 335 g/mol. The van der Waals surface area contributed by atoms with Gasteiger partial charge < -0.3 is 9.80 Å². The molecule has 1 spiro atoms. The van der Waals surface area contributed by atoms with Crippen molar-refractivity contribution in [2.24, 2.45) is 0 Å². The fraction of sp³-hybridized carbons (Fsp3) is 0.833. The summed E-state index contributed by atoms with van der Waals surface area (Å²) in [6.45, 7) is 3.99. The third-order valence-corrected chi connectivity index (χ3v) is 6.26. The third-order valence-electron chi connectivity index (χ3n) is 6.26. The van der Waals surface area contributed by atoms with E-state index in [9.17, 15) is 14.4 Å². The van der Waals surface area contributed by atoms with Gasteiger partial charge in [0, 0.05) is 19.1 Å². The van der Waals surface area contributed by atoms with Crippen molar-refractivity contribution < 1.29 is 14.4 Å². The zero-order chi connectivity index (χ0) is 17.5. The van der Waals surface area contributed by atoms with Gasteiger partial charge in [0.05, 0.1) is 0 Å². The summed E-state index contributed by atoms with van der Waals surface area (Å²) >= 11 is 0. The van der Waals surface area contributed by atoms with Gasteiger partial charge in [0.1, 0.15) is 12.1 Å². The van der Waals surface area contributed by atoms with E-state index >= 15 is 0 Å². The fourth-order valence-electron chi connectivity index (χ4n) is 4.80. The van der Waals surface area contributed by atoms with E-state index in [0.717, 1.165) is 51.4 Å². The van der Waals surface area contributed by atoms with Gasteiger partial charge in [-0.3, -0.25) is 14.5 Å². The van der Waals surface area contributed by atoms with E-state index in [-0.39, 0.29) is 36.5 Å². The molecule has 2 unspecified atom stereocenters. The number of piperidine rings is 1. The SMILES string of the molecule is CC1CCCC(C)N1C(=O)CN1C(=O)N(C)C2(CCCCC2)C1=O. The minimum atomic E-state index is -0.700. The Bertz CT molecular complexity index is 532. The van der Waals surface area contributed by atoms with Gasteiger partial charge in [0.15, 0.2) is 0 Å². The lowest BCUT2D eigenvalue weighted by molar-refractivity contribution is -0.143. The molecule has 0 bridgehead atoms. The Labute approximate surface area is 144 Å². The summed E-state index contributed by atoms with van der Waals surface area (Å²) in [6, 6.07) is 0.0402. The number of likely N-dealkylation sites (tertiary alicyclic amines) is 1. The van der Waals surface area contributed by atoms with E-state index in [1.807, 2.05) is 4.90 Å². The maximum absolute atomic E-state index is 13.0. The second-order valence-corrected chi connectivity index (χ2v) is 7.76. The molecule has 0 radical (unpaired) electrons. The Kier molecular flexibility index (Phi) is 4.58. The maximum atomic E-state index is 13.0. The minimum absolute atomic E-state index is 0.0994. The average Bonchev–Trinajstić information content (AvgIpc) is 2.72. The smallest absolute Gasteiger partial charge is 0.327 e. The van der Waals surface area contributed by atoms with Gasteiger partial charge in [-0.05, 0) is 46.0 Å². The van der Waals surface area contributed by atoms with Crippen molar-refractivity contribution in [2.45, 2.75) is 82.8 Å². The number of urea groups is 1. The molecule has 1 aliphatic carbocycles. The summed E-state index contributed by atoms with van der Waals surface area (Å²) in [4.78, 5) is 43.1. The molecule has 3 rings (SSSR count). The summed E-state index contributed by atoms with van der Waals surface area (Å²) in [7, 11) is 1.71. The molecule has 2 saturated heterocycles. The molecule has 6 heteroatoms. The summed E-state index contributed by atoms with van der Waals surface area (Å²) in [5, 5.41) is 0. The van der Waals surface area contributed by atoms with Crippen LogP contribution >= 0.6 is 0 Å². The van der Waals surface area contributed by atoms with Crippen LogP contribution < -0.4 is 0 Å². The summed E-state index contributed by atoms with van der Waals surface area (Å²) in [6.07, 6.45) is 7.57. The molecule has 134 valence electrons. The number of amides is 4. The molecule has 24 heavy (non-hydrogen) atoms. The van der Waals surface area contributed by atoms with Gasteiger partial charge in [-0.2, -0.15) is 0 Å². The van der Waals surface area contributed by atoms with Gasteiger partial charge in [-0.15, -0.1) is 0 Å². The van der Waals surface area contributed by atoms with Crippen molar-refractivity contribution in [2.75, 3.05) is 13.6 Å². The Morgan fingerprint density at radius 3 is 2.21 bits per heavy atom. The van der Waals surface area contributed by atoms with Crippen LogP contribution in [0.4, 0.5) is 4.79 Å². The van der Waals surface area contributed by atoms with Crippen LogP contribution in [0.15, 0.2) is 0 Å². The molecule has 0 N–H and O–H groups in total. The zero-order valence-corrected chi connectivity index (χ0v) is 15.1. The first kappa shape index (κ1) is 17.2. The van der Waals surface area contributed by atoms with Crippen LogP contribution in [0.5, 0.6) is 0 Å². The standard InChI is InChI=1S/C18H29N3O3/c1-13-8-7-9-14(2)21(13)15(22)12-20-16(23)18(19(3)17(20)24)10-5-4-6-11-18/h13-14H,4-12H2,1-3H3. The van der Waals surface area contributed by atoms with Crippen molar-refractivity contribution in [1.82, 2.24) is 14.7 Å². The van der Waals surface area contributed by atoms with Gasteiger partial charge in [0.2, 0.25) is 5.91 Å². The van der Waals surface area contributed by atoms with Crippen molar-refractivity contribution in [3.05, 3.63) is 0 Å². The van der Waals surface area contributed by atoms with Crippen LogP contribution in [0.25, 0.3) is 0 Å². The number of hydrogen-bond donors (Lipinski definition) is 0. The van der Waals surface area contributed by atoms with Crippen LogP contribution in [0.1, 0.15) is 65.2 Å². The van der Waals surface area contributed by atoms with Crippen LogP contribution in [0.2, 0.25) is 0 Å². The van der Waals surface area contributed by atoms with Crippen molar-refractivity contribution in [3.8, 4) is 0 Å². The number of carbonyl (C=O) groups excluding carboxylic acids is 3. The number of carbonyl (C=O) groups is 3. The highest BCUT2D eigenvalue weighted by molar-refractivity contribution is 6.09. The lowest BCUT2D eigenvalue weighted by atomic mass is 9.81. The van der Waals surface area contributed by atoms with Crippen molar-refractivity contribution in [1.29, 1.82) is 0 Å². The third kappa shape index (κ3) is 2.60. The highest BCUT2D eigenvalue weighted by Crippen LogP contribution is 2.39. The molecule has 2 aliphatic heterocycles. The Morgan fingerprint density at radius 1 is 1.04 bits per heavy atom. The predicted molar refractivity (Wildman–Crippen MR) is 90.3 cm³/mol. The lowest BCUT2D eigenvalue weighted by Crippen LogP contribution is -2.52. The fourth-order valence-corrected chi connectivity index (χ4v) is 4.80. The molecule has 0 aromatic carbocycles. The van der Waals surface area contributed by atoms with E-state index < -0.39 is 5.54 Å². The van der Waals surface area contributed by atoms with E-state index in [0.29, 0.717) is 0 Å². The Balaban J connectivity index is 1.76. The number of imide groups is 1. The minimum Gasteiger partial charge on any atom is -0.336 e. The quantitative estimate of drug-likeness (QED) is 0.728. The molecule has 0 aromatic heterocycles. The van der Waals surface area contributed by atoms with Crippen LogP contribution in [-0.4, -0.2) is 63.8 Å². The summed E-state index contributed by atoms with van der Waals surface area (Å²) in [5.41, 5.74) is -0.700. The lowest BCUT2D eigenvalue weighted by Gasteiger charge is -2.39. The number of rotatable bonds is 2. The molecule has 3 aliphatic rings. The highest BCUT2D eigenvalue weighted by atomic mass is 16.2. The van der Waals surface area contributed by atoms with Gasteiger partial charge >= 0.3 is 6.03 Å². The summed E-state index contributed by atoms with van der Waals surface area (Å²) < 4.78 is 0. The molecule has 4 amide bonds. The Hall–Kier alpha value is -1.59.